The fraction of sp³-hybridized carbons (Fsp3) is 0.500. The number of hydrogen-bond acceptors (Lipinski definition) is 4. The molecule has 3 atom stereocenters. The normalized spacial score (nSPS) is 26.6. The quantitative estimate of drug-likeness (QED) is 0.634. The van der Waals surface area contributed by atoms with Crippen LogP contribution in [-0.2, 0) is 5.41 Å². The SMILES string of the molecule is COc1ccc(C23CCC(NC(=O)Nc4ccc(F)c(F)c4)CC2N(C2CC2)CC3)cc1OC. The van der Waals surface area contributed by atoms with Crippen molar-refractivity contribution < 1.29 is 23.0 Å². The Morgan fingerprint density at radius 3 is 2.50 bits per heavy atom. The molecule has 1 heterocycles. The van der Waals surface area contributed by atoms with Gasteiger partial charge in [0.25, 0.3) is 0 Å². The summed E-state index contributed by atoms with van der Waals surface area (Å²) in [5.74, 6) is -0.461. The van der Waals surface area contributed by atoms with E-state index in [9.17, 15) is 13.6 Å². The number of ether oxygens (including phenoxy) is 2. The van der Waals surface area contributed by atoms with E-state index in [2.05, 4.69) is 27.7 Å². The second-order valence-corrected chi connectivity index (χ2v) is 9.66. The second kappa shape index (κ2) is 9.06. The van der Waals surface area contributed by atoms with Gasteiger partial charge in [0, 0.05) is 35.3 Å². The smallest absolute Gasteiger partial charge is 0.319 e. The van der Waals surface area contributed by atoms with Gasteiger partial charge in [-0.25, -0.2) is 13.6 Å². The Kier molecular flexibility index (Phi) is 6.10. The fourth-order valence-electron chi connectivity index (χ4n) is 5.97. The van der Waals surface area contributed by atoms with Gasteiger partial charge in [0.05, 0.1) is 14.2 Å². The second-order valence-electron chi connectivity index (χ2n) is 9.66. The molecule has 2 amide bonds. The number of hydrogen-bond donors (Lipinski definition) is 2. The van der Waals surface area contributed by atoms with E-state index in [0.29, 0.717) is 12.1 Å². The first-order valence-electron chi connectivity index (χ1n) is 11.9. The van der Waals surface area contributed by atoms with Crippen molar-refractivity contribution in [1.82, 2.24) is 10.2 Å². The van der Waals surface area contributed by atoms with Gasteiger partial charge in [-0.15, -0.1) is 0 Å². The van der Waals surface area contributed by atoms with Crippen LogP contribution in [0.1, 0.15) is 44.1 Å². The number of nitrogens with zero attached hydrogens (tertiary/aromatic N) is 1. The molecule has 2 saturated carbocycles. The van der Waals surface area contributed by atoms with Crippen molar-refractivity contribution >= 4 is 11.7 Å². The Labute approximate surface area is 198 Å². The minimum atomic E-state index is -0.985. The maximum Gasteiger partial charge on any atom is 0.319 e. The van der Waals surface area contributed by atoms with Crippen molar-refractivity contribution in [2.24, 2.45) is 0 Å². The number of anilines is 1. The van der Waals surface area contributed by atoms with E-state index in [1.54, 1.807) is 14.2 Å². The lowest BCUT2D eigenvalue weighted by Gasteiger charge is -2.45. The zero-order valence-electron chi connectivity index (χ0n) is 19.6. The summed E-state index contributed by atoms with van der Waals surface area (Å²) in [5.41, 5.74) is 1.51. The predicted molar refractivity (Wildman–Crippen MR) is 126 cm³/mol. The van der Waals surface area contributed by atoms with Gasteiger partial charge in [0.2, 0.25) is 0 Å². The van der Waals surface area contributed by atoms with Crippen LogP contribution < -0.4 is 20.1 Å². The van der Waals surface area contributed by atoms with Crippen LogP contribution in [0.3, 0.4) is 0 Å². The van der Waals surface area contributed by atoms with Gasteiger partial charge in [0.1, 0.15) is 0 Å². The molecule has 0 aromatic heterocycles. The third kappa shape index (κ3) is 4.19. The molecule has 5 rings (SSSR count). The molecule has 2 N–H and O–H groups in total. The monoisotopic (exact) mass is 471 g/mol. The maximum atomic E-state index is 13.5. The van der Waals surface area contributed by atoms with Gasteiger partial charge < -0.3 is 20.1 Å². The lowest BCUT2D eigenvalue weighted by Crippen LogP contribution is -2.53. The van der Waals surface area contributed by atoms with Gasteiger partial charge >= 0.3 is 6.03 Å². The Hall–Kier alpha value is -2.87. The molecule has 1 aliphatic heterocycles. The highest BCUT2D eigenvalue weighted by Gasteiger charge is 2.54. The minimum Gasteiger partial charge on any atom is -0.493 e. The van der Waals surface area contributed by atoms with Crippen molar-refractivity contribution in [2.75, 3.05) is 26.1 Å². The molecule has 3 fully saturated rings. The molecule has 2 aliphatic carbocycles. The Morgan fingerprint density at radius 1 is 1.00 bits per heavy atom. The van der Waals surface area contributed by atoms with Gasteiger partial charge in [0.15, 0.2) is 23.1 Å². The zero-order chi connectivity index (χ0) is 23.9. The van der Waals surface area contributed by atoms with E-state index < -0.39 is 17.7 Å². The highest BCUT2D eigenvalue weighted by molar-refractivity contribution is 5.89. The third-order valence-electron chi connectivity index (χ3n) is 7.79. The third-order valence-corrected chi connectivity index (χ3v) is 7.79. The summed E-state index contributed by atoms with van der Waals surface area (Å²) in [4.78, 5) is 15.3. The van der Waals surface area contributed by atoms with E-state index >= 15 is 0 Å². The predicted octanol–water partition coefficient (Wildman–Crippen LogP) is 4.83. The molecule has 0 bridgehead atoms. The van der Waals surface area contributed by atoms with Gasteiger partial charge in [-0.3, -0.25) is 4.90 Å². The van der Waals surface area contributed by atoms with Crippen LogP contribution in [-0.4, -0.2) is 49.8 Å². The number of carbonyl (C=O) groups is 1. The summed E-state index contributed by atoms with van der Waals surface area (Å²) in [6.45, 7) is 1.05. The van der Waals surface area contributed by atoms with Crippen LogP contribution in [0, 0.1) is 11.6 Å². The van der Waals surface area contributed by atoms with Crippen molar-refractivity contribution in [3.8, 4) is 11.5 Å². The highest BCUT2D eigenvalue weighted by atomic mass is 19.2. The van der Waals surface area contributed by atoms with E-state index in [1.807, 2.05) is 6.07 Å². The number of fused-ring (bicyclic) bond motifs is 1. The van der Waals surface area contributed by atoms with Crippen molar-refractivity contribution in [3.05, 3.63) is 53.6 Å². The largest absolute Gasteiger partial charge is 0.493 e. The molecular formula is C26H31F2N3O3. The number of amides is 2. The molecule has 6 nitrogen and oxygen atoms in total. The minimum absolute atomic E-state index is 0.00270. The topological polar surface area (TPSA) is 62.8 Å². The van der Waals surface area contributed by atoms with Crippen molar-refractivity contribution in [1.29, 1.82) is 0 Å². The maximum absolute atomic E-state index is 13.5. The number of nitrogens with one attached hydrogen (secondary N) is 2. The number of likely N-dealkylation sites (tertiary alicyclic amines) is 1. The van der Waals surface area contributed by atoms with Crippen LogP contribution in [0.25, 0.3) is 0 Å². The van der Waals surface area contributed by atoms with Crippen LogP contribution in [0.2, 0.25) is 0 Å². The van der Waals surface area contributed by atoms with Gasteiger partial charge in [-0.2, -0.15) is 0 Å². The summed E-state index contributed by atoms with van der Waals surface area (Å²) in [5, 5.41) is 5.70. The van der Waals surface area contributed by atoms with Crippen molar-refractivity contribution in [3.63, 3.8) is 0 Å². The molecular weight excluding hydrogens is 440 g/mol. The highest BCUT2D eigenvalue weighted by Crippen LogP contribution is 2.52. The molecule has 1 saturated heterocycles. The van der Waals surface area contributed by atoms with Gasteiger partial charge in [-0.05, 0) is 74.9 Å². The molecule has 2 aromatic rings. The van der Waals surface area contributed by atoms with Crippen molar-refractivity contribution in [2.45, 2.75) is 62.1 Å². The number of carbonyl (C=O) groups excluding carboxylic acids is 1. The molecule has 34 heavy (non-hydrogen) atoms. The molecule has 182 valence electrons. The Balaban J connectivity index is 1.33. The summed E-state index contributed by atoms with van der Waals surface area (Å²) in [6, 6.07) is 10.2. The molecule has 8 heteroatoms. The average molecular weight is 472 g/mol. The number of methoxy groups -OCH3 is 2. The van der Waals surface area contributed by atoms with Crippen LogP contribution in [0.15, 0.2) is 36.4 Å². The molecule has 0 spiro atoms. The summed E-state index contributed by atoms with van der Waals surface area (Å²) >= 11 is 0. The van der Waals surface area contributed by atoms with Crippen LogP contribution in [0.5, 0.6) is 11.5 Å². The first-order valence-corrected chi connectivity index (χ1v) is 11.9. The van der Waals surface area contributed by atoms with E-state index in [-0.39, 0.29) is 17.1 Å². The lowest BCUT2D eigenvalue weighted by molar-refractivity contribution is 0.130. The van der Waals surface area contributed by atoms with E-state index in [0.717, 1.165) is 55.9 Å². The molecule has 0 radical (unpaired) electrons. The summed E-state index contributed by atoms with van der Waals surface area (Å²) < 4.78 is 37.7. The summed E-state index contributed by atoms with van der Waals surface area (Å²) in [6.07, 6.45) is 6.18. The molecule has 3 aliphatic rings. The van der Waals surface area contributed by atoms with E-state index in [1.165, 1.54) is 24.5 Å². The lowest BCUT2D eigenvalue weighted by atomic mass is 9.65. The standard InChI is InChI=1S/C26H31F2N3O3/c1-33-22-8-3-16(13-23(22)34-2)26-10-9-18(15-24(26)31(12-11-26)19-5-6-19)30-25(32)29-17-4-7-20(27)21(28)14-17/h3-4,7-8,13-14,18-19,24H,5-6,9-12,15H2,1-2H3,(H2,29,30,32). The Bertz CT molecular complexity index is 1080. The molecule has 2 aromatic carbocycles. The first-order chi connectivity index (χ1) is 16.4. The molecule has 3 unspecified atom stereocenters. The number of benzene rings is 2. The van der Waals surface area contributed by atoms with Crippen LogP contribution in [0.4, 0.5) is 19.3 Å². The number of urea groups is 1. The zero-order valence-corrected chi connectivity index (χ0v) is 19.6. The first kappa shape index (κ1) is 22.9. The fourth-order valence-corrected chi connectivity index (χ4v) is 5.97. The van der Waals surface area contributed by atoms with Gasteiger partial charge in [-0.1, -0.05) is 6.07 Å². The van der Waals surface area contributed by atoms with E-state index in [4.69, 9.17) is 9.47 Å². The number of rotatable bonds is 6. The van der Waals surface area contributed by atoms with Crippen LogP contribution >= 0.6 is 0 Å². The Morgan fingerprint density at radius 2 is 1.79 bits per heavy atom. The number of halogens is 2. The summed E-state index contributed by atoms with van der Waals surface area (Å²) in [7, 11) is 3.31. The average Bonchev–Trinajstić information content (AvgIpc) is 3.61.